The summed E-state index contributed by atoms with van der Waals surface area (Å²) in [5.41, 5.74) is 1.97. The lowest BCUT2D eigenvalue weighted by molar-refractivity contribution is -0.131. The summed E-state index contributed by atoms with van der Waals surface area (Å²) in [4.78, 5) is 35.2. The van der Waals surface area contributed by atoms with Crippen LogP contribution in [0.5, 0.6) is 0 Å². The third-order valence-electron chi connectivity index (χ3n) is 5.31. The molecule has 0 atom stereocenters. The summed E-state index contributed by atoms with van der Waals surface area (Å²) in [6.07, 6.45) is 10.00. The van der Waals surface area contributed by atoms with Crippen molar-refractivity contribution in [3.8, 4) is 0 Å². The van der Waals surface area contributed by atoms with Crippen LogP contribution in [0.4, 0.5) is 0 Å². The molecule has 2 amide bonds. The van der Waals surface area contributed by atoms with Crippen LogP contribution in [0, 0.1) is 5.92 Å². The minimum Gasteiger partial charge on any atom is -0.345 e. The number of aromatic nitrogens is 2. The first-order chi connectivity index (χ1) is 13.6. The summed E-state index contributed by atoms with van der Waals surface area (Å²) >= 11 is 0. The van der Waals surface area contributed by atoms with E-state index >= 15 is 0 Å². The predicted molar refractivity (Wildman–Crippen MR) is 109 cm³/mol. The van der Waals surface area contributed by atoms with Gasteiger partial charge in [0.1, 0.15) is 0 Å². The van der Waals surface area contributed by atoms with Crippen LogP contribution in [0.3, 0.4) is 0 Å². The average molecular weight is 380 g/mol. The normalized spacial score (nSPS) is 15.1. The van der Waals surface area contributed by atoms with Crippen LogP contribution in [0.1, 0.15) is 36.9 Å². The maximum atomic E-state index is 12.4. The van der Waals surface area contributed by atoms with Crippen molar-refractivity contribution < 1.29 is 9.59 Å². The number of likely N-dealkylation sites (tertiary alicyclic amines) is 1. The molecule has 0 bridgehead atoms. The fourth-order valence-corrected chi connectivity index (χ4v) is 3.53. The number of rotatable bonds is 7. The second kappa shape index (κ2) is 9.88. The highest BCUT2D eigenvalue weighted by molar-refractivity contribution is 5.91. The van der Waals surface area contributed by atoms with Crippen molar-refractivity contribution in [2.24, 2.45) is 5.92 Å². The molecule has 0 saturated carbocycles. The summed E-state index contributed by atoms with van der Waals surface area (Å²) in [5.74, 6) is 0.728. The highest BCUT2D eigenvalue weighted by Crippen LogP contribution is 2.22. The molecule has 1 aliphatic heterocycles. The van der Waals surface area contributed by atoms with Crippen molar-refractivity contribution in [1.82, 2.24) is 19.8 Å². The molecular formula is C22H28N4O2. The van der Waals surface area contributed by atoms with Crippen LogP contribution in [0.2, 0.25) is 0 Å². The van der Waals surface area contributed by atoms with Gasteiger partial charge in [-0.3, -0.25) is 9.59 Å². The number of amides is 2. The highest BCUT2D eigenvalue weighted by atomic mass is 16.2. The van der Waals surface area contributed by atoms with Gasteiger partial charge in [0.2, 0.25) is 11.8 Å². The monoisotopic (exact) mass is 380 g/mol. The van der Waals surface area contributed by atoms with E-state index in [-0.39, 0.29) is 11.8 Å². The van der Waals surface area contributed by atoms with Gasteiger partial charge >= 0.3 is 0 Å². The molecule has 1 aliphatic rings. The second-order valence-corrected chi connectivity index (χ2v) is 7.38. The summed E-state index contributed by atoms with van der Waals surface area (Å²) < 4.78 is 0. The number of nitrogens with zero attached hydrogens (tertiary/aromatic N) is 3. The molecule has 0 aliphatic carbocycles. The standard InChI is InChI=1S/C22H28N4O2/c1-25(16-19-5-3-2-4-6-19)21(27)9-7-18-11-13-26(14-12-18)22(28)10-8-20-15-23-17-24-20/h2-6,8,10,15,17-18H,7,9,11-14,16H2,1H3,(H,23,24)/b10-8+. The first-order valence-corrected chi connectivity index (χ1v) is 9.85. The van der Waals surface area contributed by atoms with E-state index in [0.29, 0.717) is 18.9 Å². The van der Waals surface area contributed by atoms with Crippen molar-refractivity contribution in [3.63, 3.8) is 0 Å². The Hall–Kier alpha value is -2.89. The minimum absolute atomic E-state index is 0.0340. The number of carbonyl (C=O) groups excluding carboxylic acids is 2. The van der Waals surface area contributed by atoms with E-state index in [1.54, 1.807) is 29.6 Å². The number of imidazole rings is 1. The van der Waals surface area contributed by atoms with Gasteiger partial charge < -0.3 is 14.8 Å². The predicted octanol–water partition coefficient (Wildman–Crippen LogP) is 3.10. The molecule has 0 spiro atoms. The van der Waals surface area contributed by atoms with Gasteiger partial charge in [0.05, 0.1) is 18.2 Å². The van der Waals surface area contributed by atoms with E-state index in [1.807, 2.05) is 42.3 Å². The molecule has 6 heteroatoms. The van der Waals surface area contributed by atoms with Gasteiger partial charge in [0.25, 0.3) is 0 Å². The second-order valence-electron chi connectivity index (χ2n) is 7.38. The highest BCUT2D eigenvalue weighted by Gasteiger charge is 2.22. The molecule has 0 radical (unpaired) electrons. The topological polar surface area (TPSA) is 69.3 Å². The molecule has 1 N–H and O–H groups in total. The molecular weight excluding hydrogens is 352 g/mol. The maximum Gasteiger partial charge on any atom is 0.246 e. The Morgan fingerprint density at radius 1 is 1.25 bits per heavy atom. The molecule has 6 nitrogen and oxygen atoms in total. The number of piperidine rings is 1. The quantitative estimate of drug-likeness (QED) is 0.751. The van der Waals surface area contributed by atoms with Crippen molar-refractivity contribution in [2.45, 2.75) is 32.2 Å². The number of aromatic amines is 1. The van der Waals surface area contributed by atoms with Crippen molar-refractivity contribution in [2.75, 3.05) is 20.1 Å². The molecule has 2 heterocycles. The van der Waals surface area contributed by atoms with Crippen LogP contribution in [-0.4, -0.2) is 51.7 Å². The zero-order chi connectivity index (χ0) is 19.8. The first kappa shape index (κ1) is 19.9. The molecule has 1 aromatic carbocycles. The molecule has 0 unspecified atom stereocenters. The maximum absolute atomic E-state index is 12.4. The Morgan fingerprint density at radius 2 is 2.00 bits per heavy atom. The van der Waals surface area contributed by atoms with Gasteiger partial charge in [-0.05, 0) is 36.8 Å². The third kappa shape index (κ3) is 5.81. The Morgan fingerprint density at radius 3 is 2.68 bits per heavy atom. The molecule has 28 heavy (non-hydrogen) atoms. The van der Waals surface area contributed by atoms with E-state index in [1.165, 1.54) is 0 Å². The lowest BCUT2D eigenvalue weighted by Gasteiger charge is -2.31. The molecule has 1 aromatic heterocycles. The number of nitrogens with one attached hydrogen (secondary N) is 1. The fourth-order valence-electron chi connectivity index (χ4n) is 3.53. The molecule has 1 saturated heterocycles. The third-order valence-corrected chi connectivity index (χ3v) is 5.31. The molecule has 1 fully saturated rings. The summed E-state index contributed by atoms with van der Waals surface area (Å²) in [6, 6.07) is 10.0. The van der Waals surface area contributed by atoms with Gasteiger partial charge in [-0.15, -0.1) is 0 Å². The smallest absolute Gasteiger partial charge is 0.246 e. The van der Waals surface area contributed by atoms with Gasteiger partial charge in [-0.1, -0.05) is 30.3 Å². The van der Waals surface area contributed by atoms with E-state index in [9.17, 15) is 9.59 Å². The van der Waals surface area contributed by atoms with Crippen molar-refractivity contribution in [1.29, 1.82) is 0 Å². The molecule has 2 aromatic rings. The fraction of sp³-hybridized carbons (Fsp3) is 0.409. The minimum atomic E-state index is 0.0340. The number of carbonyl (C=O) groups is 2. The largest absolute Gasteiger partial charge is 0.345 e. The first-order valence-electron chi connectivity index (χ1n) is 9.85. The SMILES string of the molecule is CN(Cc1ccccc1)C(=O)CCC1CCN(C(=O)/C=C/c2cnc[nH]2)CC1. The van der Waals surface area contributed by atoms with Crippen LogP contribution in [-0.2, 0) is 16.1 Å². The van der Waals surface area contributed by atoms with E-state index < -0.39 is 0 Å². The van der Waals surface area contributed by atoms with E-state index in [2.05, 4.69) is 9.97 Å². The summed E-state index contributed by atoms with van der Waals surface area (Å²) in [5, 5.41) is 0. The molecule has 148 valence electrons. The lowest BCUT2D eigenvalue weighted by atomic mass is 9.92. The molecule has 3 rings (SSSR count). The Balaban J connectivity index is 1.37. The number of H-pyrrole nitrogens is 1. The van der Waals surface area contributed by atoms with Crippen LogP contribution < -0.4 is 0 Å². The van der Waals surface area contributed by atoms with Gasteiger partial charge in [0.15, 0.2) is 0 Å². The average Bonchev–Trinajstić information content (AvgIpc) is 3.25. The van der Waals surface area contributed by atoms with Gasteiger partial charge in [-0.2, -0.15) is 0 Å². The lowest BCUT2D eigenvalue weighted by Crippen LogP contribution is -2.37. The van der Waals surface area contributed by atoms with E-state index in [0.717, 1.165) is 43.6 Å². The zero-order valence-corrected chi connectivity index (χ0v) is 16.4. The van der Waals surface area contributed by atoms with Crippen LogP contribution >= 0.6 is 0 Å². The van der Waals surface area contributed by atoms with Crippen molar-refractivity contribution >= 4 is 17.9 Å². The van der Waals surface area contributed by atoms with Gasteiger partial charge in [-0.25, -0.2) is 4.98 Å². The summed E-state index contributed by atoms with van der Waals surface area (Å²) in [7, 11) is 1.86. The Kier molecular flexibility index (Phi) is 7.00. The zero-order valence-electron chi connectivity index (χ0n) is 16.4. The van der Waals surface area contributed by atoms with E-state index in [4.69, 9.17) is 0 Å². The number of hydrogen-bond donors (Lipinski definition) is 1. The van der Waals surface area contributed by atoms with Gasteiger partial charge in [0, 0.05) is 39.2 Å². The Labute approximate surface area is 166 Å². The van der Waals surface area contributed by atoms with Crippen LogP contribution in [0.25, 0.3) is 6.08 Å². The van der Waals surface area contributed by atoms with Crippen LogP contribution in [0.15, 0.2) is 48.9 Å². The number of hydrogen-bond acceptors (Lipinski definition) is 3. The summed E-state index contributed by atoms with van der Waals surface area (Å²) in [6.45, 7) is 2.16. The Bertz CT molecular complexity index is 778. The van der Waals surface area contributed by atoms with Crippen molar-refractivity contribution in [3.05, 3.63) is 60.2 Å². The number of benzene rings is 1.